The third-order valence-corrected chi connectivity index (χ3v) is 3.18. The van der Waals surface area contributed by atoms with Crippen molar-refractivity contribution in [2.24, 2.45) is 5.41 Å². The van der Waals surface area contributed by atoms with Crippen molar-refractivity contribution in [1.29, 1.82) is 0 Å². The van der Waals surface area contributed by atoms with E-state index in [1.54, 1.807) is 13.2 Å². The maximum absolute atomic E-state index is 11.9. The van der Waals surface area contributed by atoms with Gasteiger partial charge in [0.25, 0.3) is 0 Å². The molecule has 0 amide bonds. The summed E-state index contributed by atoms with van der Waals surface area (Å²) in [6, 6.07) is 7.44. The third kappa shape index (κ3) is 3.36. The molecule has 0 radical (unpaired) electrons. The fourth-order valence-electron chi connectivity index (χ4n) is 1.41. The van der Waals surface area contributed by atoms with E-state index in [9.17, 15) is 4.79 Å². The minimum atomic E-state index is -0.605. The normalized spacial score (nSPS) is 13.5. The highest BCUT2D eigenvalue weighted by molar-refractivity contribution is 5.78. The standard InChI is InChI=1S/C15H20O3/c1-5-15(3,6-2)14(16)18-11-12-7-9-13(17-4)10-8-12/h5,7-10H,1,6,11H2,2-4H3. The van der Waals surface area contributed by atoms with E-state index in [2.05, 4.69) is 6.58 Å². The largest absolute Gasteiger partial charge is 0.497 e. The number of hydrogen-bond acceptors (Lipinski definition) is 3. The van der Waals surface area contributed by atoms with Crippen molar-refractivity contribution in [2.45, 2.75) is 26.9 Å². The molecule has 98 valence electrons. The van der Waals surface area contributed by atoms with Gasteiger partial charge in [0, 0.05) is 0 Å². The molecule has 0 bridgehead atoms. The van der Waals surface area contributed by atoms with Gasteiger partial charge in [-0.25, -0.2) is 0 Å². The average molecular weight is 248 g/mol. The first-order valence-corrected chi connectivity index (χ1v) is 5.99. The van der Waals surface area contributed by atoms with Crippen molar-refractivity contribution < 1.29 is 14.3 Å². The first-order chi connectivity index (χ1) is 8.55. The summed E-state index contributed by atoms with van der Waals surface area (Å²) in [5.41, 5.74) is 0.332. The first kappa shape index (κ1) is 14.3. The number of esters is 1. The SMILES string of the molecule is C=CC(C)(CC)C(=O)OCc1ccc(OC)cc1. The Labute approximate surface area is 108 Å². The quantitative estimate of drug-likeness (QED) is 0.572. The van der Waals surface area contributed by atoms with Crippen molar-refractivity contribution >= 4 is 5.97 Å². The molecule has 0 spiro atoms. The molecule has 0 heterocycles. The Hall–Kier alpha value is -1.77. The van der Waals surface area contributed by atoms with Gasteiger partial charge in [0.05, 0.1) is 12.5 Å². The van der Waals surface area contributed by atoms with Gasteiger partial charge >= 0.3 is 5.97 Å². The average Bonchev–Trinajstić information content (AvgIpc) is 2.44. The smallest absolute Gasteiger partial charge is 0.315 e. The molecule has 0 aliphatic rings. The molecule has 0 aliphatic carbocycles. The van der Waals surface area contributed by atoms with Crippen LogP contribution in [0.2, 0.25) is 0 Å². The van der Waals surface area contributed by atoms with Crippen LogP contribution in [0.1, 0.15) is 25.8 Å². The highest BCUT2D eigenvalue weighted by Crippen LogP contribution is 2.24. The second-order valence-corrected chi connectivity index (χ2v) is 4.40. The molecule has 0 N–H and O–H groups in total. The van der Waals surface area contributed by atoms with Crippen LogP contribution in [0.4, 0.5) is 0 Å². The Balaban J connectivity index is 2.59. The van der Waals surface area contributed by atoms with E-state index in [1.165, 1.54) is 0 Å². The first-order valence-electron chi connectivity index (χ1n) is 5.99. The lowest BCUT2D eigenvalue weighted by atomic mass is 9.88. The molecule has 1 aromatic rings. The molecule has 0 saturated heterocycles. The molecule has 0 saturated carbocycles. The maximum Gasteiger partial charge on any atom is 0.315 e. The number of rotatable bonds is 6. The summed E-state index contributed by atoms with van der Waals surface area (Å²) < 4.78 is 10.4. The van der Waals surface area contributed by atoms with E-state index in [-0.39, 0.29) is 12.6 Å². The van der Waals surface area contributed by atoms with E-state index in [1.807, 2.05) is 38.1 Å². The highest BCUT2D eigenvalue weighted by atomic mass is 16.5. The molecular formula is C15H20O3. The van der Waals surface area contributed by atoms with Crippen molar-refractivity contribution in [2.75, 3.05) is 7.11 Å². The fraction of sp³-hybridized carbons (Fsp3) is 0.400. The molecular weight excluding hydrogens is 228 g/mol. The van der Waals surface area contributed by atoms with Gasteiger partial charge in [0.1, 0.15) is 12.4 Å². The monoisotopic (exact) mass is 248 g/mol. The van der Waals surface area contributed by atoms with Crippen LogP contribution in [0, 0.1) is 5.41 Å². The summed E-state index contributed by atoms with van der Waals surface area (Å²) in [7, 11) is 1.62. The Bertz CT molecular complexity index is 408. The number of ether oxygens (including phenoxy) is 2. The van der Waals surface area contributed by atoms with Crippen LogP contribution in [-0.4, -0.2) is 13.1 Å². The Morgan fingerprint density at radius 2 is 2.00 bits per heavy atom. The van der Waals surface area contributed by atoms with E-state index < -0.39 is 5.41 Å². The van der Waals surface area contributed by atoms with Gasteiger partial charge in [0.15, 0.2) is 0 Å². The van der Waals surface area contributed by atoms with Crippen LogP contribution in [-0.2, 0) is 16.1 Å². The van der Waals surface area contributed by atoms with Gasteiger partial charge in [-0.3, -0.25) is 4.79 Å². The molecule has 0 aliphatic heterocycles. The van der Waals surface area contributed by atoms with Crippen molar-refractivity contribution in [3.05, 3.63) is 42.5 Å². The lowest BCUT2D eigenvalue weighted by molar-refractivity contribution is -0.153. The lowest BCUT2D eigenvalue weighted by Crippen LogP contribution is -2.26. The Morgan fingerprint density at radius 1 is 1.39 bits per heavy atom. The van der Waals surface area contributed by atoms with Crippen molar-refractivity contribution in [3.8, 4) is 5.75 Å². The van der Waals surface area contributed by atoms with Crippen LogP contribution < -0.4 is 4.74 Å². The summed E-state index contributed by atoms with van der Waals surface area (Å²) in [6.07, 6.45) is 2.32. The second-order valence-electron chi connectivity index (χ2n) is 4.40. The fourth-order valence-corrected chi connectivity index (χ4v) is 1.41. The zero-order valence-electron chi connectivity index (χ0n) is 11.2. The predicted octanol–water partition coefficient (Wildman–Crippen LogP) is 3.34. The highest BCUT2D eigenvalue weighted by Gasteiger charge is 2.29. The Kier molecular flexibility index (Phi) is 4.95. The summed E-state index contributed by atoms with van der Waals surface area (Å²) in [5.74, 6) is 0.547. The van der Waals surface area contributed by atoms with E-state index in [0.29, 0.717) is 6.42 Å². The molecule has 0 aromatic heterocycles. The molecule has 1 unspecified atom stereocenters. The minimum absolute atomic E-state index is 0.240. The number of hydrogen-bond donors (Lipinski definition) is 0. The van der Waals surface area contributed by atoms with Crippen molar-refractivity contribution in [1.82, 2.24) is 0 Å². The Morgan fingerprint density at radius 3 is 2.44 bits per heavy atom. The molecule has 1 aromatic carbocycles. The number of methoxy groups -OCH3 is 1. The zero-order chi connectivity index (χ0) is 13.6. The van der Waals surface area contributed by atoms with E-state index >= 15 is 0 Å². The van der Waals surface area contributed by atoms with Crippen molar-refractivity contribution in [3.63, 3.8) is 0 Å². The minimum Gasteiger partial charge on any atom is -0.497 e. The van der Waals surface area contributed by atoms with Gasteiger partial charge in [-0.15, -0.1) is 6.58 Å². The van der Waals surface area contributed by atoms with Gasteiger partial charge in [-0.1, -0.05) is 25.1 Å². The van der Waals surface area contributed by atoms with Gasteiger partial charge < -0.3 is 9.47 Å². The summed E-state index contributed by atoms with van der Waals surface area (Å²) in [4.78, 5) is 11.9. The van der Waals surface area contributed by atoms with Gasteiger partial charge in [-0.2, -0.15) is 0 Å². The predicted molar refractivity (Wildman–Crippen MR) is 71.4 cm³/mol. The van der Waals surface area contributed by atoms with Crippen LogP contribution in [0.15, 0.2) is 36.9 Å². The van der Waals surface area contributed by atoms with Crippen LogP contribution in [0.3, 0.4) is 0 Å². The molecule has 18 heavy (non-hydrogen) atoms. The summed E-state index contributed by atoms with van der Waals surface area (Å²) >= 11 is 0. The lowest BCUT2D eigenvalue weighted by Gasteiger charge is -2.21. The zero-order valence-corrected chi connectivity index (χ0v) is 11.2. The molecule has 3 nitrogen and oxygen atoms in total. The topological polar surface area (TPSA) is 35.5 Å². The third-order valence-electron chi connectivity index (χ3n) is 3.18. The number of carbonyl (C=O) groups excluding carboxylic acids is 1. The van der Waals surface area contributed by atoms with Crippen LogP contribution in [0.25, 0.3) is 0 Å². The van der Waals surface area contributed by atoms with Crippen LogP contribution >= 0.6 is 0 Å². The van der Waals surface area contributed by atoms with Gasteiger partial charge in [0.2, 0.25) is 0 Å². The van der Waals surface area contributed by atoms with E-state index in [0.717, 1.165) is 11.3 Å². The molecule has 0 fully saturated rings. The summed E-state index contributed by atoms with van der Waals surface area (Å²) in [6.45, 7) is 7.73. The van der Waals surface area contributed by atoms with Gasteiger partial charge in [-0.05, 0) is 31.0 Å². The van der Waals surface area contributed by atoms with Crippen LogP contribution in [0.5, 0.6) is 5.75 Å². The summed E-state index contributed by atoms with van der Waals surface area (Å²) in [5, 5.41) is 0. The molecule has 1 atom stereocenters. The van der Waals surface area contributed by atoms with E-state index in [4.69, 9.17) is 9.47 Å². The second kappa shape index (κ2) is 6.24. The molecule has 3 heteroatoms. The number of carbonyl (C=O) groups is 1. The number of benzene rings is 1. The maximum atomic E-state index is 11.9. The molecule has 1 rings (SSSR count).